The minimum atomic E-state index is -3.55. The molecule has 0 fully saturated rings. The van der Waals surface area contributed by atoms with Crippen molar-refractivity contribution in [2.24, 2.45) is 0 Å². The number of aromatic nitrogens is 1. The van der Waals surface area contributed by atoms with E-state index in [1.807, 2.05) is 0 Å². The van der Waals surface area contributed by atoms with Crippen LogP contribution in [0.15, 0.2) is 43.1 Å². The first-order valence-corrected chi connectivity index (χ1v) is 8.31. The fourth-order valence-electron chi connectivity index (χ4n) is 1.11. The van der Waals surface area contributed by atoms with E-state index in [4.69, 9.17) is 0 Å². The number of pyridine rings is 1. The minimum absolute atomic E-state index is 0.250. The molecule has 2 aromatic heterocycles. The molecule has 0 unspecified atom stereocenters. The Bertz CT molecular complexity index is 623. The molecule has 0 aliphatic carbocycles. The van der Waals surface area contributed by atoms with Crippen LogP contribution in [0, 0.1) is 0 Å². The van der Waals surface area contributed by atoms with Crippen LogP contribution in [0.25, 0.3) is 0 Å². The van der Waals surface area contributed by atoms with Crippen molar-refractivity contribution >= 4 is 58.9 Å². The SMILES string of the molecule is O=S(=O)(Nc1ccc(Br)nc1)c1sccc1Br. The summed E-state index contributed by atoms with van der Waals surface area (Å²) in [5, 5.41) is 1.71. The maximum Gasteiger partial charge on any atom is 0.272 e. The van der Waals surface area contributed by atoms with Gasteiger partial charge in [-0.05, 0) is 55.4 Å². The highest BCUT2D eigenvalue weighted by molar-refractivity contribution is 9.10. The second kappa shape index (κ2) is 5.05. The third-order valence-electron chi connectivity index (χ3n) is 1.81. The molecule has 17 heavy (non-hydrogen) atoms. The number of sulfonamides is 1. The monoisotopic (exact) mass is 396 g/mol. The Kier molecular flexibility index (Phi) is 3.86. The average molecular weight is 398 g/mol. The molecule has 0 aliphatic heterocycles. The lowest BCUT2D eigenvalue weighted by Gasteiger charge is -2.06. The summed E-state index contributed by atoms with van der Waals surface area (Å²) in [6.45, 7) is 0. The van der Waals surface area contributed by atoms with E-state index >= 15 is 0 Å². The number of halogens is 2. The predicted molar refractivity (Wildman–Crippen MR) is 74.8 cm³/mol. The third kappa shape index (κ3) is 3.06. The molecular weight excluding hydrogens is 392 g/mol. The molecule has 1 N–H and O–H groups in total. The summed E-state index contributed by atoms with van der Waals surface area (Å²) in [7, 11) is -3.55. The average Bonchev–Trinajstić information content (AvgIpc) is 2.68. The summed E-state index contributed by atoms with van der Waals surface area (Å²) in [5.41, 5.74) is 0.425. The van der Waals surface area contributed by atoms with Gasteiger partial charge in [0, 0.05) is 4.47 Å². The Balaban J connectivity index is 2.30. The predicted octanol–water partition coefficient (Wildman–Crippen LogP) is 3.47. The Morgan fingerprint density at radius 3 is 2.53 bits per heavy atom. The maximum atomic E-state index is 12.0. The molecular formula is C9H6Br2N2O2S2. The molecule has 2 heterocycles. The molecule has 2 aromatic rings. The van der Waals surface area contributed by atoms with Crippen molar-refractivity contribution < 1.29 is 8.42 Å². The molecule has 0 aromatic carbocycles. The summed E-state index contributed by atoms with van der Waals surface area (Å²) >= 11 is 7.53. The van der Waals surface area contributed by atoms with E-state index in [1.165, 1.54) is 6.20 Å². The van der Waals surface area contributed by atoms with E-state index < -0.39 is 10.0 Å². The van der Waals surface area contributed by atoms with Crippen molar-refractivity contribution in [2.45, 2.75) is 4.21 Å². The molecule has 4 nitrogen and oxygen atoms in total. The van der Waals surface area contributed by atoms with Gasteiger partial charge in [0.15, 0.2) is 4.21 Å². The highest BCUT2D eigenvalue weighted by atomic mass is 79.9. The van der Waals surface area contributed by atoms with Crippen LogP contribution >= 0.6 is 43.2 Å². The van der Waals surface area contributed by atoms with Crippen LogP contribution in [0.3, 0.4) is 0 Å². The van der Waals surface area contributed by atoms with E-state index in [1.54, 1.807) is 23.6 Å². The summed E-state index contributed by atoms with van der Waals surface area (Å²) in [4.78, 5) is 3.95. The van der Waals surface area contributed by atoms with Crippen molar-refractivity contribution in [3.63, 3.8) is 0 Å². The third-order valence-corrected chi connectivity index (χ3v) is 6.33. The Hall–Kier alpha value is -0.440. The summed E-state index contributed by atoms with van der Waals surface area (Å²) in [6.07, 6.45) is 1.45. The van der Waals surface area contributed by atoms with Gasteiger partial charge in [-0.15, -0.1) is 11.3 Å². The fourth-order valence-corrected chi connectivity index (χ4v) is 4.73. The molecule has 0 bridgehead atoms. The minimum Gasteiger partial charge on any atom is -0.277 e. The van der Waals surface area contributed by atoms with Gasteiger partial charge in [-0.1, -0.05) is 0 Å². The lowest BCUT2D eigenvalue weighted by Crippen LogP contribution is -2.12. The number of nitrogens with zero attached hydrogens (tertiary/aromatic N) is 1. The Morgan fingerprint density at radius 2 is 2.00 bits per heavy atom. The maximum absolute atomic E-state index is 12.0. The quantitative estimate of drug-likeness (QED) is 0.806. The van der Waals surface area contributed by atoms with Crippen molar-refractivity contribution in [1.82, 2.24) is 4.98 Å². The molecule has 8 heteroatoms. The van der Waals surface area contributed by atoms with Crippen LogP contribution in [-0.4, -0.2) is 13.4 Å². The van der Waals surface area contributed by atoms with E-state index in [2.05, 4.69) is 41.6 Å². The molecule has 0 radical (unpaired) electrons. The number of hydrogen-bond acceptors (Lipinski definition) is 4. The molecule has 90 valence electrons. The summed E-state index contributed by atoms with van der Waals surface area (Å²) in [6, 6.07) is 5.00. The van der Waals surface area contributed by atoms with Gasteiger partial charge in [0.25, 0.3) is 10.0 Å². The molecule has 0 spiro atoms. The lowest BCUT2D eigenvalue weighted by molar-refractivity contribution is 0.603. The van der Waals surface area contributed by atoms with Crippen LogP contribution < -0.4 is 4.72 Å². The van der Waals surface area contributed by atoms with Gasteiger partial charge >= 0.3 is 0 Å². The fraction of sp³-hybridized carbons (Fsp3) is 0. The van der Waals surface area contributed by atoms with Crippen molar-refractivity contribution in [3.05, 3.63) is 38.9 Å². The van der Waals surface area contributed by atoms with Crippen molar-refractivity contribution in [3.8, 4) is 0 Å². The topological polar surface area (TPSA) is 59.1 Å². The molecule has 0 aliphatic rings. The first-order valence-electron chi connectivity index (χ1n) is 4.36. The standard InChI is InChI=1S/C9H6Br2N2O2S2/c10-7-3-4-16-9(7)17(14,15)13-6-1-2-8(11)12-5-6/h1-5,13H. The zero-order valence-corrected chi connectivity index (χ0v) is 13.0. The van der Waals surface area contributed by atoms with Crippen molar-refractivity contribution in [1.29, 1.82) is 0 Å². The second-order valence-electron chi connectivity index (χ2n) is 3.03. The zero-order valence-electron chi connectivity index (χ0n) is 8.22. The molecule has 2 rings (SSSR count). The van der Waals surface area contributed by atoms with Gasteiger partial charge in [0.2, 0.25) is 0 Å². The molecule has 0 atom stereocenters. The van der Waals surface area contributed by atoms with Gasteiger partial charge in [0.1, 0.15) is 4.60 Å². The van der Waals surface area contributed by atoms with E-state index in [9.17, 15) is 8.42 Å². The van der Waals surface area contributed by atoms with E-state index in [0.29, 0.717) is 14.8 Å². The number of anilines is 1. The Labute approximate surface area is 119 Å². The van der Waals surface area contributed by atoms with Gasteiger partial charge in [0.05, 0.1) is 11.9 Å². The zero-order chi connectivity index (χ0) is 12.5. The smallest absolute Gasteiger partial charge is 0.272 e. The number of rotatable bonds is 3. The highest BCUT2D eigenvalue weighted by Gasteiger charge is 2.19. The molecule has 0 saturated heterocycles. The van der Waals surface area contributed by atoms with Gasteiger partial charge in [-0.2, -0.15) is 0 Å². The lowest BCUT2D eigenvalue weighted by atomic mass is 10.4. The van der Waals surface area contributed by atoms with Crippen LogP contribution in [-0.2, 0) is 10.0 Å². The van der Waals surface area contributed by atoms with Gasteiger partial charge in [-0.25, -0.2) is 13.4 Å². The molecule has 0 amide bonds. The first-order chi connectivity index (χ1) is 7.99. The molecule has 0 saturated carbocycles. The van der Waals surface area contributed by atoms with Crippen LogP contribution in [0.2, 0.25) is 0 Å². The van der Waals surface area contributed by atoms with Crippen molar-refractivity contribution in [2.75, 3.05) is 4.72 Å². The summed E-state index contributed by atoms with van der Waals surface area (Å²) < 4.78 is 27.9. The van der Waals surface area contributed by atoms with Gasteiger partial charge in [-0.3, -0.25) is 4.72 Å². The number of hydrogen-bond donors (Lipinski definition) is 1. The number of thiophene rings is 1. The largest absolute Gasteiger partial charge is 0.277 e. The first kappa shape index (κ1) is 13.0. The van der Waals surface area contributed by atoms with Crippen LogP contribution in [0.1, 0.15) is 0 Å². The van der Waals surface area contributed by atoms with E-state index in [0.717, 1.165) is 11.3 Å². The van der Waals surface area contributed by atoms with Crippen LogP contribution in [0.5, 0.6) is 0 Å². The Morgan fingerprint density at radius 1 is 1.24 bits per heavy atom. The highest BCUT2D eigenvalue weighted by Crippen LogP contribution is 2.29. The normalized spacial score (nSPS) is 11.4. The number of nitrogens with one attached hydrogen (secondary N) is 1. The van der Waals surface area contributed by atoms with Crippen LogP contribution in [0.4, 0.5) is 5.69 Å². The summed E-state index contributed by atoms with van der Waals surface area (Å²) in [5.74, 6) is 0. The van der Waals surface area contributed by atoms with E-state index in [-0.39, 0.29) is 4.21 Å². The second-order valence-corrected chi connectivity index (χ2v) is 7.49. The van der Waals surface area contributed by atoms with Gasteiger partial charge < -0.3 is 0 Å².